The lowest BCUT2D eigenvalue weighted by molar-refractivity contribution is -0.167. The van der Waals surface area contributed by atoms with E-state index in [0.29, 0.717) is 19.3 Å². The van der Waals surface area contributed by atoms with Crippen LogP contribution >= 0.6 is 0 Å². The van der Waals surface area contributed by atoms with Crippen LogP contribution in [0.4, 0.5) is 0 Å². The Hall–Kier alpha value is -2.89. The van der Waals surface area contributed by atoms with Gasteiger partial charge in [0.2, 0.25) is 0 Å². The number of unbranched alkanes of at least 4 members (excludes halogenated alkanes) is 26. The van der Waals surface area contributed by atoms with E-state index < -0.39 is 6.10 Å². The summed E-state index contributed by atoms with van der Waals surface area (Å²) >= 11 is 0. The highest BCUT2D eigenvalue weighted by Gasteiger charge is 2.19. The zero-order valence-electron chi connectivity index (χ0n) is 39.5. The first-order chi connectivity index (χ1) is 29.5. The lowest BCUT2D eigenvalue weighted by atomic mass is 10.0. The molecule has 0 heterocycles. The molecular weight excluding hydrogens is 745 g/mol. The summed E-state index contributed by atoms with van der Waals surface area (Å²) in [4.78, 5) is 37.9. The molecule has 0 aromatic rings. The van der Waals surface area contributed by atoms with Crippen LogP contribution in [-0.4, -0.2) is 37.2 Å². The number of hydrogen-bond acceptors (Lipinski definition) is 6. The first-order valence-electron chi connectivity index (χ1n) is 25.3. The van der Waals surface area contributed by atoms with Crippen molar-refractivity contribution in [1.82, 2.24) is 0 Å². The Morgan fingerprint density at radius 3 is 1.17 bits per heavy atom. The highest BCUT2D eigenvalue weighted by Crippen LogP contribution is 2.15. The predicted molar refractivity (Wildman–Crippen MR) is 256 cm³/mol. The Kier molecular flexibility index (Phi) is 46.4. The van der Waals surface area contributed by atoms with Crippen LogP contribution in [0.1, 0.15) is 245 Å². The summed E-state index contributed by atoms with van der Waals surface area (Å²) in [6.07, 6.45) is 59.1. The van der Waals surface area contributed by atoms with Gasteiger partial charge in [0.1, 0.15) is 13.2 Å². The number of rotatable bonds is 45. The van der Waals surface area contributed by atoms with Gasteiger partial charge in [-0.15, -0.1) is 0 Å². The Morgan fingerprint density at radius 2 is 0.717 bits per heavy atom. The van der Waals surface area contributed by atoms with Crippen molar-refractivity contribution >= 4 is 17.9 Å². The zero-order valence-corrected chi connectivity index (χ0v) is 39.5. The molecule has 6 nitrogen and oxygen atoms in total. The van der Waals surface area contributed by atoms with Gasteiger partial charge < -0.3 is 14.2 Å². The van der Waals surface area contributed by atoms with Crippen LogP contribution in [0.2, 0.25) is 0 Å². The third-order valence-corrected chi connectivity index (χ3v) is 10.8. The van der Waals surface area contributed by atoms with Gasteiger partial charge in [0.15, 0.2) is 6.10 Å². The largest absolute Gasteiger partial charge is 0.462 e. The summed E-state index contributed by atoms with van der Waals surface area (Å²) in [6.45, 7) is 6.46. The second-order valence-electron chi connectivity index (χ2n) is 16.8. The van der Waals surface area contributed by atoms with E-state index in [-0.39, 0.29) is 31.1 Å². The molecule has 1 unspecified atom stereocenters. The van der Waals surface area contributed by atoms with Gasteiger partial charge in [0.05, 0.1) is 0 Å². The van der Waals surface area contributed by atoms with E-state index in [4.69, 9.17) is 14.2 Å². The molecule has 0 aliphatic carbocycles. The lowest BCUT2D eigenvalue weighted by Crippen LogP contribution is -2.30. The number of carbonyl (C=O) groups excluding carboxylic acids is 3. The van der Waals surface area contributed by atoms with Gasteiger partial charge in [-0.3, -0.25) is 14.4 Å². The predicted octanol–water partition coefficient (Wildman–Crippen LogP) is 16.5. The smallest absolute Gasteiger partial charge is 0.306 e. The molecule has 346 valence electrons. The first-order valence-corrected chi connectivity index (χ1v) is 25.3. The molecule has 0 fully saturated rings. The fraction of sp³-hybridized carbons (Fsp3) is 0.759. The van der Waals surface area contributed by atoms with Gasteiger partial charge >= 0.3 is 17.9 Å². The molecule has 0 aromatic carbocycles. The molecule has 0 aromatic heterocycles. The van der Waals surface area contributed by atoms with E-state index in [9.17, 15) is 14.4 Å². The molecule has 0 saturated carbocycles. The summed E-state index contributed by atoms with van der Waals surface area (Å²) in [5, 5.41) is 0. The van der Waals surface area contributed by atoms with Crippen molar-refractivity contribution in [3.05, 3.63) is 60.8 Å². The third kappa shape index (κ3) is 46.2. The molecule has 0 aliphatic heterocycles. The highest BCUT2D eigenvalue weighted by molar-refractivity contribution is 5.71. The van der Waals surface area contributed by atoms with E-state index >= 15 is 0 Å². The van der Waals surface area contributed by atoms with Gasteiger partial charge in [0, 0.05) is 19.3 Å². The molecular formula is C54H94O6. The number of hydrogen-bond donors (Lipinski definition) is 0. The van der Waals surface area contributed by atoms with Crippen molar-refractivity contribution in [2.45, 2.75) is 252 Å². The molecule has 0 spiro atoms. The fourth-order valence-corrected chi connectivity index (χ4v) is 7.00. The molecule has 0 N–H and O–H groups in total. The third-order valence-electron chi connectivity index (χ3n) is 10.8. The van der Waals surface area contributed by atoms with Gasteiger partial charge in [-0.05, 0) is 70.6 Å². The van der Waals surface area contributed by atoms with Gasteiger partial charge in [-0.2, -0.15) is 0 Å². The summed E-state index contributed by atoms with van der Waals surface area (Å²) in [6, 6.07) is 0. The maximum Gasteiger partial charge on any atom is 0.306 e. The Bertz CT molecular complexity index is 1100. The number of carbonyl (C=O) groups is 3. The van der Waals surface area contributed by atoms with Crippen LogP contribution in [-0.2, 0) is 28.6 Å². The van der Waals surface area contributed by atoms with Gasteiger partial charge in [0.25, 0.3) is 0 Å². The first kappa shape index (κ1) is 57.1. The average Bonchev–Trinajstić information content (AvgIpc) is 3.24. The molecule has 0 rings (SSSR count). The molecule has 1 atom stereocenters. The number of esters is 3. The second kappa shape index (κ2) is 48.8. The number of ether oxygens (including phenoxy) is 3. The average molecular weight is 839 g/mol. The minimum absolute atomic E-state index is 0.0837. The van der Waals surface area contributed by atoms with Crippen LogP contribution in [0.3, 0.4) is 0 Å². The summed E-state index contributed by atoms with van der Waals surface area (Å²) < 4.78 is 16.8. The zero-order chi connectivity index (χ0) is 43.7. The van der Waals surface area contributed by atoms with Crippen molar-refractivity contribution in [3.8, 4) is 0 Å². The normalized spacial score (nSPS) is 12.5. The Morgan fingerprint density at radius 1 is 0.367 bits per heavy atom. The molecule has 0 saturated heterocycles. The van der Waals surface area contributed by atoms with Crippen molar-refractivity contribution in [2.75, 3.05) is 13.2 Å². The molecule has 0 radical (unpaired) electrons. The van der Waals surface area contributed by atoms with Gasteiger partial charge in [-0.1, -0.05) is 216 Å². The lowest BCUT2D eigenvalue weighted by Gasteiger charge is -2.18. The molecule has 0 amide bonds. The van der Waals surface area contributed by atoms with Gasteiger partial charge in [-0.25, -0.2) is 0 Å². The van der Waals surface area contributed by atoms with Crippen LogP contribution in [0, 0.1) is 0 Å². The van der Waals surface area contributed by atoms with Crippen LogP contribution in [0.25, 0.3) is 0 Å². The van der Waals surface area contributed by atoms with E-state index in [2.05, 4.69) is 81.5 Å². The second-order valence-corrected chi connectivity index (χ2v) is 16.8. The fourth-order valence-electron chi connectivity index (χ4n) is 7.00. The van der Waals surface area contributed by atoms with Crippen molar-refractivity contribution in [3.63, 3.8) is 0 Å². The van der Waals surface area contributed by atoms with E-state index in [0.717, 1.165) is 96.3 Å². The van der Waals surface area contributed by atoms with Crippen LogP contribution in [0.15, 0.2) is 60.8 Å². The van der Waals surface area contributed by atoms with Crippen molar-refractivity contribution < 1.29 is 28.6 Å². The summed E-state index contributed by atoms with van der Waals surface area (Å²) in [7, 11) is 0. The maximum absolute atomic E-state index is 12.8. The van der Waals surface area contributed by atoms with Crippen LogP contribution < -0.4 is 0 Å². The molecule has 6 heteroatoms. The highest BCUT2D eigenvalue weighted by atomic mass is 16.6. The molecule has 0 aliphatic rings. The number of allylic oxidation sites excluding steroid dienone is 10. The molecule has 0 bridgehead atoms. The quantitative estimate of drug-likeness (QED) is 0.0200. The summed E-state index contributed by atoms with van der Waals surface area (Å²) in [5.41, 5.74) is 0. The summed E-state index contributed by atoms with van der Waals surface area (Å²) in [5.74, 6) is -0.909. The monoisotopic (exact) mass is 839 g/mol. The van der Waals surface area contributed by atoms with E-state index in [1.807, 2.05) is 0 Å². The van der Waals surface area contributed by atoms with E-state index in [1.165, 1.54) is 109 Å². The van der Waals surface area contributed by atoms with Crippen LogP contribution in [0.5, 0.6) is 0 Å². The molecule has 60 heavy (non-hydrogen) atoms. The SMILES string of the molecule is CC\C=C/C=C\C=C/CCCCCCCC(=O)OC(COC(=O)CCCCCCCCC/C=C\C/C=C\CCCCC)COC(=O)CCCCCCCCCCCCCC. The minimum Gasteiger partial charge on any atom is -0.462 e. The topological polar surface area (TPSA) is 78.9 Å². The maximum atomic E-state index is 12.8. The standard InChI is InChI=1S/C54H94O6/c1-4-7-10-13-16-19-22-25-26-27-28-30-32-35-38-41-44-47-53(56)59-50-51(49-58-52(55)46-43-40-37-34-31-24-21-18-15-12-9-6-3)60-54(57)48-45-42-39-36-33-29-23-20-17-14-11-8-5-2/h8,11,14,16-17,19-20,23,25-26,51H,4-7,9-10,12-13,15,18,21-22,24,27-50H2,1-3H3/b11-8-,17-14-,19-16-,23-20-,26-25-. The van der Waals surface area contributed by atoms with E-state index in [1.54, 1.807) is 0 Å². The minimum atomic E-state index is -0.785. The van der Waals surface area contributed by atoms with Crippen molar-refractivity contribution in [2.24, 2.45) is 0 Å². The van der Waals surface area contributed by atoms with Crippen molar-refractivity contribution in [1.29, 1.82) is 0 Å². The Labute approximate surface area is 370 Å². The Balaban J connectivity index is 4.39.